The number of piperidine rings is 1. The van der Waals surface area contributed by atoms with E-state index in [2.05, 4.69) is 10.2 Å². The molecule has 2 aliphatic rings. The number of alkyl carbamates (subject to hydrolysis) is 1. The van der Waals surface area contributed by atoms with Gasteiger partial charge in [-0.25, -0.2) is 4.79 Å². The van der Waals surface area contributed by atoms with Crippen molar-refractivity contribution in [3.05, 3.63) is 0 Å². The monoisotopic (exact) mass is 326 g/mol. The molecule has 2 fully saturated rings. The number of carboxylic acid groups (broad SMARTS) is 1. The number of carboxylic acids is 1. The summed E-state index contributed by atoms with van der Waals surface area (Å²) in [4.78, 5) is 25.2. The van der Waals surface area contributed by atoms with Crippen molar-refractivity contribution in [3.8, 4) is 0 Å². The predicted molar refractivity (Wildman–Crippen MR) is 87.3 cm³/mol. The largest absolute Gasteiger partial charge is 0.481 e. The predicted octanol–water partition coefficient (Wildman–Crippen LogP) is 2.48. The number of ether oxygens (including phenoxy) is 1. The maximum Gasteiger partial charge on any atom is 0.407 e. The Labute approximate surface area is 138 Å². The van der Waals surface area contributed by atoms with Crippen LogP contribution in [-0.2, 0) is 9.53 Å². The zero-order chi connectivity index (χ0) is 17.0. The molecule has 0 aromatic carbocycles. The summed E-state index contributed by atoms with van der Waals surface area (Å²) in [6.45, 7) is 8.36. The highest BCUT2D eigenvalue weighted by molar-refractivity contribution is 5.70. The second-order valence-electron chi connectivity index (χ2n) is 7.94. The molecule has 1 heterocycles. The summed E-state index contributed by atoms with van der Waals surface area (Å²) in [5.41, 5.74) is -0.462. The number of nitrogens with zero attached hydrogens (tertiary/aromatic N) is 1. The lowest BCUT2D eigenvalue weighted by molar-refractivity contribution is -0.143. The summed E-state index contributed by atoms with van der Waals surface area (Å²) in [7, 11) is 0. The number of hydrogen-bond acceptors (Lipinski definition) is 4. The fourth-order valence-corrected chi connectivity index (χ4v) is 3.57. The van der Waals surface area contributed by atoms with Crippen LogP contribution in [0.5, 0.6) is 0 Å². The van der Waals surface area contributed by atoms with Gasteiger partial charge in [-0.15, -0.1) is 0 Å². The van der Waals surface area contributed by atoms with Crippen LogP contribution in [0.3, 0.4) is 0 Å². The van der Waals surface area contributed by atoms with Gasteiger partial charge >= 0.3 is 12.1 Å². The number of carbonyl (C=O) groups excluding carboxylic acids is 1. The third kappa shape index (κ3) is 6.01. The molecule has 0 unspecified atom stereocenters. The van der Waals surface area contributed by atoms with E-state index in [1.807, 2.05) is 20.8 Å². The number of aliphatic carboxylic acids is 1. The lowest BCUT2D eigenvalue weighted by atomic mass is 9.96. The van der Waals surface area contributed by atoms with E-state index in [1.54, 1.807) is 0 Å². The molecule has 0 bridgehead atoms. The number of hydrogen-bond donors (Lipinski definition) is 2. The summed E-state index contributed by atoms with van der Waals surface area (Å²) >= 11 is 0. The topological polar surface area (TPSA) is 78.9 Å². The van der Waals surface area contributed by atoms with Gasteiger partial charge < -0.3 is 20.1 Å². The molecule has 1 saturated carbocycles. The van der Waals surface area contributed by atoms with Crippen molar-refractivity contribution in [2.75, 3.05) is 19.6 Å². The van der Waals surface area contributed by atoms with Gasteiger partial charge in [0, 0.05) is 12.6 Å². The molecule has 1 aliphatic carbocycles. The fourth-order valence-electron chi connectivity index (χ4n) is 3.57. The highest BCUT2D eigenvalue weighted by atomic mass is 16.6. The van der Waals surface area contributed by atoms with E-state index in [0.29, 0.717) is 5.92 Å². The van der Waals surface area contributed by atoms with Gasteiger partial charge in [-0.2, -0.15) is 0 Å². The molecule has 132 valence electrons. The molecule has 6 nitrogen and oxygen atoms in total. The number of nitrogens with one attached hydrogen (secondary N) is 1. The van der Waals surface area contributed by atoms with Crippen LogP contribution in [0.1, 0.15) is 52.9 Å². The van der Waals surface area contributed by atoms with Crippen LogP contribution >= 0.6 is 0 Å². The zero-order valence-electron chi connectivity index (χ0n) is 14.5. The second-order valence-corrected chi connectivity index (χ2v) is 7.94. The van der Waals surface area contributed by atoms with Crippen LogP contribution in [0, 0.1) is 11.8 Å². The average molecular weight is 326 g/mol. The minimum atomic E-state index is -0.660. The van der Waals surface area contributed by atoms with Crippen LogP contribution < -0.4 is 5.32 Å². The van der Waals surface area contributed by atoms with Gasteiger partial charge in [0.2, 0.25) is 0 Å². The van der Waals surface area contributed by atoms with E-state index in [0.717, 1.165) is 51.7 Å². The van der Waals surface area contributed by atoms with Gasteiger partial charge in [0.25, 0.3) is 0 Å². The van der Waals surface area contributed by atoms with Crippen molar-refractivity contribution in [2.24, 2.45) is 11.8 Å². The summed E-state index contributed by atoms with van der Waals surface area (Å²) in [5.74, 6) is -0.250. The molecule has 2 N–H and O–H groups in total. The van der Waals surface area contributed by atoms with E-state index in [1.165, 1.54) is 0 Å². The lowest BCUT2D eigenvalue weighted by Gasteiger charge is -2.31. The molecule has 6 heteroatoms. The molecule has 1 saturated heterocycles. The molecule has 2 atom stereocenters. The van der Waals surface area contributed by atoms with E-state index in [9.17, 15) is 9.59 Å². The third-order valence-corrected chi connectivity index (χ3v) is 4.72. The molecule has 1 amide bonds. The first-order valence-electron chi connectivity index (χ1n) is 8.67. The van der Waals surface area contributed by atoms with E-state index in [-0.39, 0.29) is 18.1 Å². The Hall–Kier alpha value is -1.30. The maximum absolute atomic E-state index is 11.8. The number of amides is 1. The Bertz CT molecular complexity index is 425. The van der Waals surface area contributed by atoms with Crippen molar-refractivity contribution in [1.29, 1.82) is 0 Å². The summed E-state index contributed by atoms with van der Waals surface area (Å²) in [6.07, 6.45) is 4.27. The first-order chi connectivity index (χ1) is 10.7. The standard InChI is InChI=1S/C17H30N2O4/c1-17(2,3)23-16(22)18-14-5-4-12(10-14)11-19-8-6-13(7-9-19)15(20)21/h12-14H,4-11H2,1-3H3,(H,18,22)(H,20,21)/t12-,14-/m1/s1. The first kappa shape index (κ1) is 18.0. The van der Waals surface area contributed by atoms with Gasteiger partial charge in [-0.05, 0) is 71.9 Å². The molecular weight excluding hydrogens is 296 g/mol. The Morgan fingerprint density at radius 1 is 1.17 bits per heavy atom. The molecule has 0 aromatic heterocycles. The van der Waals surface area contributed by atoms with Crippen molar-refractivity contribution in [2.45, 2.75) is 64.5 Å². The minimum Gasteiger partial charge on any atom is -0.481 e. The first-order valence-corrected chi connectivity index (χ1v) is 8.67. The van der Waals surface area contributed by atoms with Crippen molar-refractivity contribution in [3.63, 3.8) is 0 Å². The molecule has 0 aromatic rings. The zero-order valence-corrected chi connectivity index (χ0v) is 14.5. The molecule has 0 radical (unpaired) electrons. The van der Waals surface area contributed by atoms with Gasteiger partial charge in [0.15, 0.2) is 0 Å². The number of rotatable bonds is 4. The van der Waals surface area contributed by atoms with Crippen LogP contribution in [0.4, 0.5) is 4.79 Å². The molecule has 23 heavy (non-hydrogen) atoms. The highest BCUT2D eigenvalue weighted by Crippen LogP contribution is 2.28. The highest BCUT2D eigenvalue weighted by Gasteiger charge is 2.31. The Morgan fingerprint density at radius 3 is 2.39 bits per heavy atom. The Balaban J connectivity index is 1.68. The SMILES string of the molecule is CC(C)(C)OC(=O)N[C@@H]1CC[C@@H](CN2CCC(C(=O)O)CC2)C1. The van der Waals surface area contributed by atoms with E-state index >= 15 is 0 Å². The lowest BCUT2D eigenvalue weighted by Crippen LogP contribution is -2.40. The Morgan fingerprint density at radius 2 is 1.83 bits per heavy atom. The van der Waals surface area contributed by atoms with Crippen LogP contribution in [0.2, 0.25) is 0 Å². The normalized spacial score (nSPS) is 26.9. The van der Waals surface area contributed by atoms with Gasteiger partial charge in [0.05, 0.1) is 5.92 Å². The molecule has 0 spiro atoms. The summed E-state index contributed by atoms with van der Waals surface area (Å²) < 4.78 is 5.30. The average Bonchev–Trinajstić information content (AvgIpc) is 2.84. The van der Waals surface area contributed by atoms with E-state index in [4.69, 9.17) is 9.84 Å². The Kier molecular flexibility index (Phi) is 5.89. The number of carbonyl (C=O) groups is 2. The van der Waals surface area contributed by atoms with Crippen molar-refractivity contribution >= 4 is 12.1 Å². The van der Waals surface area contributed by atoms with Gasteiger partial charge in [-0.3, -0.25) is 4.79 Å². The second kappa shape index (κ2) is 7.51. The molecular formula is C17H30N2O4. The maximum atomic E-state index is 11.8. The van der Waals surface area contributed by atoms with Crippen LogP contribution in [-0.4, -0.2) is 53.3 Å². The summed E-state index contributed by atoms with van der Waals surface area (Å²) in [6, 6.07) is 0.200. The smallest absolute Gasteiger partial charge is 0.407 e. The van der Waals surface area contributed by atoms with E-state index < -0.39 is 11.6 Å². The fraction of sp³-hybridized carbons (Fsp3) is 0.882. The quantitative estimate of drug-likeness (QED) is 0.830. The third-order valence-electron chi connectivity index (χ3n) is 4.72. The van der Waals surface area contributed by atoms with Gasteiger partial charge in [0.1, 0.15) is 5.60 Å². The minimum absolute atomic E-state index is 0.170. The molecule has 2 rings (SSSR count). The van der Waals surface area contributed by atoms with Crippen molar-refractivity contribution in [1.82, 2.24) is 10.2 Å². The van der Waals surface area contributed by atoms with Crippen molar-refractivity contribution < 1.29 is 19.4 Å². The molecule has 1 aliphatic heterocycles. The van der Waals surface area contributed by atoms with Crippen LogP contribution in [0.25, 0.3) is 0 Å². The van der Waals surface area contributed by atoms with Crippen LogP contribution in [0.15, 0.2) is 0 Å². The van der Waals surface area contributed by atoms with Gasteiger partial charge in [-0.1, -0.05) is 0 Å². The number of likely N-dealkylation sites (tertiary alicyclic amines) is 1. The summed E-state index contributed by atoms with van der Waals surface area (Å²) in [5, 5.41) is 12.0.